The maximum absolute atomic E-state index is 12.9. The normalized spacial score (nSPS) is 20.3. The van der Waals surface area contributed by atoms with Crippen molar-refractivity contribution in [1.82, 2.24) is 10.2 Å². The van der Waals surface area contributed by atoms with E-state index in [9.17, 15) is 4.79 Å². The van der Waals surface area contributed by atoms with Gasteiger partial charge in [-0.1, -0.05) is 25.5 Å². The molecule has 0 bridgehead atoms. The molecule has 5 heteroatoms. The molecule has 0 radical (unpaired) electrons. The molecule has 0 spiro atoms. The minimum Gasteiger partial charge on any atom is -0.497 e. The van der Waals surface area contributed by atoms with E-state index in [0.29, 0.717) is 6.54 Å². The molecule has 1 aromatic carbocycles. The smallest absolute Gasteiger partial charge is 0.261 e. The molecule has 29 heavy (non-hydrogen) atoms. The van der Waals surface area contributed by atoms with Gasteiger partial charge in [0.25, 0.3) is 5.91 Å². The Morgan fingerprint density at radius 3 is 2.72 bits per heavy atom. The number of thiophene rings is 1. The summed E-state index contributed by atoms with van der Waals surface area (Å²) in [5, 5.41) is 3.24. The van der Waals surface area contributed by atoms with Crippen LogP contribution in [0.3, 0.4) is 0 Å². The third-order valence-corrected chi connectivity index (χ3v) is 7.76. The van der Waals surface area contributed by atoms with Gasteiger partial charge in [-0.25, -0.2) is 0 Å². The van der Waals surface area contributed by atoms with Crippen molar-refractivity contribution in [3.63, 3.8) is 0 Å². The first kappa shape index (κ1) is 20.4. The maximum atomic E-state index is 12.9. The van der Waals surface area contributed by atoms with E-state index in [-0.39, 0.29) is 11.9 Å². The number of amides is 1. The molecule has 1 N–H and O–H groups in total. The number of methoxy groups -OCH3 is 1. The van der Waals surface area contributed by atoms with Crippen LogP contribution in [0.5, 0.6) is 5.75 Å². The standard InChI is InChI=1S/C24H32N2O2S/c1-3-17-6-11-22-19(14-17)15-23(29-22)24(27)25-16-21(26-12-4-5-13-26)18-7-9-20(28-2)10-8-18/h7-10,15,17,21H,3-6,11-14,16H2,1-2H3,(H,25,27)/t17-,21-/m1/s1. The van der Waals surface area contributed by atoms with Crippen molar-refractivity contribution in [3.05, 3.63) is 51.2 Å². The molecule has 1 amide bonds. The van der Waals surface area contributed by atoms with Crippen LogP contribution < -0.4 is 10.1 Å². The molecule has 2 aromatic rings. The predicted octanol–water partition coefficient (Wildman–Crippen LogP) is 4.84. The molecule has 0 unspecified atom stereocenters. The molecule has 2 atom stereocenters. The van der Waals surface area contributed by atoms with E-state index < -0.39 is 0 Å². The molecule has 2 heterocycles. The van der Waals surface area contributed by atoms with Crippen LogP contribution in [0.2, 0.25) is 0 Å². The lowest BCUT2D eigenvalue weighted by Crippen LogP contribution is -2.36. The number of nitrogens with zero attached hydrogens (tertiary/aromatic N) is 1. The first-order valence-electron chi connectivity index (χ1n) is 11.0. The fraction of sp³-hybridized carbons (Fsp3) is 0.542. The number of ether oxygens (including phenoxy) is 1. The second-order valence-corrected chi connectivity index (χ2v) is 9.45. The minimum atomic E-state index is 0.0788. The number of likely N-dealkylation sites (tertiary alicyclic amines) is 1. The fourth-order valence-corrected chi connectivity index (χ4v) is 5.80. The highest BCUT2D eigenvalue weighted by Gasteiger charge is 2.26. The summed E-state index contributed by atoms with van der Waals surface area (Å²) < 4.78 is 5.30. The van der Waals surface area contributed by atoms with Gasteiger partial charge in [0, 0.05) is 11.4 Å². The van der Waals surface area contributed by atoms with Crippen LogP contribution in [-0.2, 0) is 12.8 Å². The van der Waals surface area contributed by atoms with E-state index in [1.165, 1.54) is 41.7 Å². The van der Waals surface area contributed by atoms with Crippen molar-refractivity contribution in [2.24, 2.45) is 5.92 Å². The second kappa shape index (κ2) is 9.31. The highest BCUT2D eigenvalue weighted by Crippen LogP contribution is 2.33. The van der Waals surface area contributed by atoms with E-state index >= 15 is 0 Å². The third kappa shape index (κ3) is 4.67. The number of hydrogen-bond acceptors (Lipinski definition) is 4. The van der Waals surface area contributed by atoms with Crippen LogP contribution in [0, 0.1) is 5.92 Å². The Kier molecular flexibility index (Phi) is 6.56. The average molecular weight is 413 g/mol. The van der Waals surface area contributed by atoms with Crippen LogP contribution in [0.1, 0.15) is 64.3 Å². The van der Waals surface area contributed by atoms with Gasteiger partial charge < -0.3 is 10.1 Å². The van der Waals surface area contributed by atoms with Gasteiger partial charge in [-0.15, -0.1) is 11.3 Å². The molecule has 4 nitrogen and oxygen atoms in total. The van der Waals surface area contributed by atoms with Gasteiger partial charge in [0.2, 0.25) is 0 Å². The lowest BCUT2D eigenvalue weighted by atomic mass is 9.87. The molecule has 1 aliphatic heterocycles. The van der Waals surface area contributed by atoms with Gasteiger partial charge in [-0.2, -0.15) is 0 Å². The van der Waals surface area contributed by atoms with Gasteiger partial charge in [-0.05, 0) is 80.4 Å². The Labute approximate surface area is 178 Å². The summed E-state index contributed by atoms with van der Waals surface area (Å²) in [6.45, 7) is 5.11. The van der Waals surface area contributed by atoms with Crippen molar-refractivity contribution < 1.29 is 9.53 Å². The van der Waals surface area contributed by atoms with Crippen molar-refractivity contribution in [2.45, 2.75) is 51.5 Å². The summed E-state index contributed by atoms with van der Waals surface area (Å²) in [6.07, 6.45) is 7.23. The highest BCUT2D eigenvalue weighted by molar-refractivity contribution is 7.14. The van der Waals surface area contributed by atoms with E-state index in [1.54, 1.807) is 18.4 Å². The van der Waals surface area contributed by atoms with Crippen molar-refractivity contribution in [1.29, 1.82) is 0 Å². The Bertz CT molecular complexity index is 824. The molecule has 0 saturated carbocycles. The van der Waals surface area contributed by atoms with Gasteiger partial charge in [-0.3, -0.25) is 9.69 Å². The van der Waals surface area contributed by atoms with Crippen molar-refractivity contribution >= 4 is 17.2 Å². The molecule has 2 aliphatic rings. The van der Waals surface area contributed by atoms with Crippen LogP contribution in [0.4, 0.5) is 0 Å². The molecule has 1 saturated heterocycles. The number of nitrogens with one attached hydrogen (secondary N) is 1. The summed E-state index contributed by atoms with van der Waals surface area (Å²) in [5.41, 5.74) is 2.65. The van der Waals surface area contributed by atoms with E-state index in [1.807, 2.05) is 12.1 Å². The van der Waals surface area contributed by atoms with Crippen molar-refractivity contribution in [2.75, 3.05) is 26.7 Å². The SMILES string of the molecule is CC[C@@H]1CCc2sc(C(=O)NC[C@H](c3ccc(OC)cc3)N3CCCC3)cc2C1. The minimum absolute atomic E-state index is 0.0788. The number of rotatable bonds is 7. The van der Waals surface area contributed by atoms with Crippen LogP contribution in [0.25, 0.3) is 0 Å². The summed E-state index contributed by atoms with van der Waals surface area (Å²) in [7, 11) is 1.69. The van der Waals surface area contributed by atoms with Crippen molar-refractivity contribution in [3.8, 4) is 5.75 Å². The van der Waals surface area contributed by atoms with Gasteiger partial charge in [0.05, 0.1) is 18.0 Å². The van der Waals surface area contributed by atoms with E-state index in [2.05, 4.69) is 35.3 Å². The van der Waals surface area contributed by atoms with Crippen LogP contribution in [-0.4, -0.2) is 37.6 Å². The highest BCUT2D eigenvalue weighted by atomic mass is 32.1. The van der Waals surface area contributed by atoms with E-state index in [0.717, 1.165) is 42.5 Å². The molecule has 1 aliphatic carbocycles. The summed E-state index contributed by atoms with van der Waals surface area (Å²) >= 11 is 1.70. The topological polar surface area (TPSA) is 41.6 Å². The third-order valence-electron chi connectivity index (χ3n) is 6.52. The van der Waals surface area contributed by atoms with E-state index in [4.69, 9.17) is 4.74 Å². The first-order valence-corrected chi connectivity index (χ1v) is 11.8. The Morgan fingerprint density at radius 2 is 2.03 bits per heavy atom. The lowest BCUT2D eigenvalue weighted by Gasteiger charge is -2.28. The zero-order chi connectivity index (χ0) is 20.2. The van der Waals surface area contributed by atoms with Gasteiger partial charge in [0.1, 0.15) is 5.75 Å². The molecule has 1 aromatic heterocycles. The molecule has 156 valence electrons. The number of benzene rings is 1. The Morgan fingerprint density at radius 1 is 1.28 bits per heavy atom. The summed E-state index contributed by atoms with van der Waals surface area (Å²) in [4.78, 5) is 17.7. The number of carbonyl (C=O) groups is 1. The van der Waals surface area contributed by atoms with Gasteiger partial charge >= 0.3 is 0 Å². The maximum Gasteiger partial charge on any atom is 0.261 e. The summed E-state index contributed by atoms with van der Waals surface area (Å²) in [5.74, 6) is 1.73. The number of carbonyl (C=O) groups excluding carboxylic acids is 1. The predicted molar refractivity (Wildman–Crippen MR) is 119 cm³/mol. The molecule has 1 fully saturated rings. The lowest BCUT2D eigenvalue weighted by molar-refractivity contribution is 0.0942. The zero-order valence-corrected chi connectivity index (χ0v) is 18.4. The van der Waals surface area contributed by atoms with Crippen LogP contribution in [0.15, 0.2) is 30.3 Å². The molecular formula is C24H32N2O2S. The van der Waals surface area contributed by atoms with Gasteiger partial charge in [0.15, 0.2) is 0 Å². The quantitative estimate of drug-likeness (QED) is 0.708. The summed E-state index contributed by atoms with van der Waals surface area (Å²) in [6, 6.07) is 10.6. The molecule has 4 rings (SSSR count). The monoisotopic (exact) mass is 412 g/mol. The fourth-order valence-electron chi connectivity index (χ4n) is 4.67. The van der Waals surface area contributed by atoms with Crippen LogP contribution >= 0.6 is 11.3 Å². The average Bonchev–Trinajstić information content (AvgIpc) is 3.43. The number of fused-ring (bicyclic) bond motifs is 1. The number of hydrogen-bond donors (Lipinski definition) is 1. The largest absolute Gasteiger partial charge is 0.497 e. The second-order valence-electron chi connectivity index (χ2n) is 8.32. The zero-order valence-electron chi connectivity index (χ0n) is 17.6. The first-order chi connectivity index (χ1) is 14.2. The molecular weight excluding hydrogens is 380 g/mol. The Balaban J connectivity index is 1.44. The Hall–Kier alpha value is -1.85. The number of aryl methyl sites for hydroxylation is 1.